The fraction of sp³-hybridized carbons (Fsp3) is 0.522. The maximum atomic E-state index is 13.3. The van der Waals surface area contributed by atoms with Crippen molar-refractivity contribution in [2.75, 3.05) is 26.3 Å². The molecule has 150 valence electrons. The Morgan fingerprint density at radius 3 is 2.86 bits per heavy atom. The molecule has 0 spiro atoms. The molecule has 0 unspecified atom stereocenters. The summed E-state index contributed by atoms with van der Waals surface area (Å²) in [6.45, 7) is 11.8. The second-order valence-corrected chi connectivity index (χ2v) is 8.38. The summed E-state index contributed by atoms with van der Waals surface area (Å²) in [5.74, 6) is 0.748. The molecular weight excluding hydrogens is 350 g/mol. The van der Waals surface area contributed by atoms with Gasteiger partial charge in [0, 0.05) is 42.8 Å². The molecule has 5 nitrogen and oxygen atoms in total. The van der Waals surface area contributed by atoms with E-state index >= 15 is 0 Å². The first-order valence-corrected chi connectivity index (χ1v) is 10.4. The minimum absolute atomic E-state index is 0.180. The van der Waals surface area contributed by atoms with E-state index in [1.807, 2.05) is 11.0 Å². The molecule has 2 aliphatic rings. The van der Waals surface area contributed by atoms with Gasteiger partial charge in [0.2, 0.25) is 5.91 Å². The predicted molar refractivity (Wildman–Crippen MR) is 112 cm³/mol. The number of carbonyl (C=O) groups excluding carboxylic acids is 1. The lowest BCUT2D eigenvalue weighted by Crippen LogP contribution is -2.51. The molecule has 0 saturated carbocycles. The highest BCUT2D eigenvalue weighted by atomic mass is 16.5. The SMILES string of the molecule is C=CCn1cc2c3c(cccc31)[C@H](CC(C)C)N[C@H](C(=O)N1CCOCC1)C2. The van der Waals surface area contributed by atoms with Crippen LogP contribution in [0.25, 0.3) is 10.9 Å². The summed E-state index contributed by atoms with van der Waals surface area (Å²) in [6.07, 6.45) is 5.89. The molecule has 1 N–H and O–H groups in total. The third-order valence-electron chi connectivity index (χ3n) is 5.87. The number of morpholine rings is 1. The monoisotopic (exact) mass is 381 g/mol. The first-order chi connectivity index (χ1) is 13.6. The lowest BCUT2D eigenvalue weighted by atomic mass is 9.94. The van der Waals surface area contributed by atoms with Crippen LogP contribution >= 0.6 is 0 Å². The Balaban J connectivity index is 1.75. The summed E-state index contributed by atoms with van der Waals surface area (Å²) < 4.78 is 7.70. The number of allylic oxidation sites excluding steroid dienone is 1. The molecule has 28 heavy (non-hydrogen) atoms. The number of benzene rings is 1. The molecule has 2 aliphatic heterocycles. The Hall–Kier alpha value is -2.11. The van der Waals surface area contributed by atoms with E-state index in [2.05, 4.69) is 54.7 Å². The summed E-state index contributed by atoms with van der Waals surface area (Å²) in [4.78, 5) is 15.3. The van der Waals surface area contributed by atoms with E-state index in [1.54, 1.807) is 0 Å². The molecule has 1 fully saturated rings. The van der Waals surface area contributed by atoms with Crippen LogP contribution in [-0.2, 0) is 22.5 Å². The van der Waals surface area contributed by atoms with Crippen LogP contribution in [0.3, 0.4) is 0 Å². The van der Waals surface area contributed by atoms with Crippen LogP contribution in [0, 0.1) is 5.92 Å². The molecule has 1 amide bonds. The van der Waals surface area contributed by atoms with Crippen molar-refractivity contribution in [1.29, 1.82) is 0 Å². The first kappa shape index (κ1) is 19.2. The van der Waals surface area contributed by atoms with Crippen LogP contribution in [0.15, 0.2) is 37.1 Å². The fourth-order valence-electron chi connectivity index (χ4n) is 4.64. The second kappa shape index (κ2) is 8.10. The number of nitrogens with zero attached hydrogens (tertiary/aromatic N) is 2. The number of amides is 1. The Kier molecular flexibility index (Phi) is 5.56. The van der Waals surface area contributed by atoms with Crippen molar-refractivity contribution in [2.24, 2.45) is 5.92 Å². The van der Waals surface area contributed by atoms with Gasteiger partial charge in [-0.25, -0.2) is 0 Å². The van der Waals surface area contributed by atoms with Crippen molar-refractivity contribution in [3.63, 3.8) is 0 Å². The van der Waals surface area contributed by atoms with Crippen LogP contribution < -0.4 is 5.32 Å². The molecule has 5 heteroatoms. The van der Waals surface area contributed by atoms with Gasteiger partial charge in [0.1, 0.15) is 0 Å². The maximum Gasteiger partial charge on any atom is 0.240 e. The summed E-state index contributed by atoms with van der Waals surface area (Å²) >= 11 is 0. The average Bonchev–Trinajstić information content (AvgIpc) is 2.96. The third kappa shape index (κ3) is 3.61. The molecule has 3 heterocycles. The van der Waals surface area contributed by atoms with Gasteiger partial charge >= 0.3 is 0 Å². The molecule has 2 atom stereocenters. The summed E-state index contributed by atoms with van der Waals surface area (Å²) in [7, 11) is 0. The van der Waals surface area contributed by atoms with E-state index in [9.17, 15) is 4.79 Å². The van der Waals surface area contributed by atoms with Gasteiger partial charge < -0.3 is 14.2 Å². The summed E-state index contributed by atoms with van der Waals surface area (Å²) in [5, 5.41) is 5.05. The van der Waals surface area contributed by atoms with Crippen molar-refractivity contribution >= 4 is 16.8 Å². The van der Waals surface area contributed by atoms with Gasteiger partial charge in [-0.3, -0.25) is 10.1 Å². The van der Waals surface area contributed by atoms with Crippen molar-refractivity contribution in [3.8, 4) is 0 Å². The molecule has 1 aromatic carbocycles. The normalized spacial score (nSPS) is 22.5. The molecule has 4 rings (SSSR count). The molecule has 0 aliphatic carbocycles. The van der Waals surface area contributed by atoms with Gasteiger partial charge in [-0.2, -0.15) is 0 Å². The predicted octanol–water partition coefficient (Wildman–Crippen LogP) is 3.29. The van der Waals surface area contributed by atoms with Crippen LogP contribution in [-0.4, -0.2) is 47.7 Å². The zero-order chi connectivity index (χ0) is 19.7. The number of nitrogens with one attached hydrogen (secondary N) is 1. The van der Waals surface area contributed by atoms with Gasteiger partial charge in [0.05, 0.1) is 19.3 Å². The number of hydrogen-bond acceptors (Lipinski definition) is 3. The largest absolute Gasteiger partial charge is 0.378 e. The Labute approximate surface area is 167 Å². The Bertz CT molecular complexity index is 864. The highest BCUT2D eigenvalue weighted by Gasteiger charge is 2.33. The molecule has 2 aromatic rings. The smallest absolute Gasteiger partial charge is 0.240 e. The van der Waals surface area contributed by atoms with Gasteiger partial charge in [-0.1, -0.05) is 32.1 Å². The average molecular weight is 382 g/mol. The molecular formula is C23H31N3O2. The van der Waals surface area contributed by atoms with E-state index in [1.165, 1.54) is 22.0 Å². The van der Waals surface area contributed by atoms with Crippen molar-refractivity contribution in [3.05, 3.63) is 48.2 Å². The minimum Gasteiger partial charge on any atom is -0.378 e. The van der Waals surface area contributed by atoms with Crippen LogP contribution in [0.5, 0.6) is 0 Å². The van der Waals surface area contributed by atoms with Crippen molar-refractivity contribution in [1.82, 2.24) is 14.8 Å². The Morgan fingerprint density at radius 1 is 1.36 bits per heavy atom. The van der Waals surface area contributed by atoms with Gasteiger partial charge in [0.15, 0.2) is 0 Å². The standard InChI is InChI=1S/C23H31N3O2/c1-4-8-26-15-17-14-20(23(27)25-9-11-28-12-10-25)24-19(13-16(2)3)18-6-5-7-21(26)22(17)18/h4-7,15-16,19-20,24H,1,8-14H2,2-3H3/t19-,20-/m0/s1. The molecule has 1 saturated heterocycles. The molecule has 0 bridgehead atoms. The van der Waals surface area contributed by atoms with Crippen LogP contribution in [0.2, 0.25) is 0 Å². The van der Waals surface area contributed by atoms with Crippen molar-refractivity contribution in [2.45, 2.75) is 45.3 Å². The number of ether oxygens (including phenoxy) is 1. The molecule has 0 radical (unpaired) electrons. The Morgan fingerprint density at radius 2 is 2.14 bits per heavy atom. The first-order valence-electron chi connectivity index (χ1n) is 10.4. The highest BCUT2D eigenvalue weighted by Crippen LogP contribution is 2.36. The zero-order valence-corrected chi connectivity index (χ0v) is 17.0. The maximum absolute atomic E-state index is 13.3. The van der Waals surface area contributed by atoms with E-state index in [-0.39, 0.29) is 18.0 Å². The number of aromatic nitrogens is 1. The minimum atomic E-state index is -0.197. The number of carbonyl (C=O) groups is 1. The van der Waals surface area contributed by atoms with E-state index in [0.29, 0.717) is 32.2 Å². The highest BCUT2D eigenvalue weighted by molar-refractivity contribution is 5.90. The summed E-state index contributed by atoms with van der Waals surface area (Å²) in [6, 6.07) is 6.53. The second-order valence-electron chi connectivity index (χ2n) is 8.38. The van der Waals surface area contributed by atoms with E-state index in [0.717, 1.165) is 19.4 Å². The number of hydrogen-bond donors (Lipinski definition) is 1. The lowest BCUT2D eigenvalue weighted by molar-refractivity contribution is -0.137. The van der Waals surface area contributed by atoms with Gasteiger partial charge in [0.25, 0.3) is 0 Å². The zero-order valence-electron chi connectivity index (χ0n) is 17.0. The van der Waals surface area contributed by atoms with Gasteiger partial charge in [-0.05, 0) is 36.0 Å². The van der Waals surface area contributed by atoms with E-state index in [4.69, 9.17) is 4.74 Å². The topological polar surface area (TPSA) is 46.5 Å². The van der Waals surface area contributed by atoms with Crippen LogP contribution in [0.1, 0.15) is 37.4 Å². The third-order valence-corrected chi connectivity index (χ3v) is 5.87. The van der Waals surface area contributed by atoms with E-state index < -0.39 is 0 Å². The quantitative estimate of drug-likeness (QED) is 0.809. The fourth-order valence-corrected chi connectivity index (χ4v) is 4.64. The summed E-state index contributed by atoms with van der Waals surface area (Å²) in [5.41, 5.74) is 3.82. The lowest BCUT2D eigenvalue weighted by Gasteiger charge is -2.32. The van der Waals surface area contributed by atoms with Gasteiger partial charge in [-0.15, -0.1) is 6.58 Å². The van der Waals surface area contributed by atoms with Crippen LogP contribution in [0.4, 0.5) is 0 Å². The molecule has 1 aromatic heterocycles. The number of rotatable bonds is 5. The van der Waals surface area contributed by atoms with Crippen molar-refractivity contribution < 1.29 is 9.53 Å².